The molecule has 3 aromatic rings. The molecule has 37 heavy (non-hydrogen) atoms. The molecule has 1 aliphatic carbocycles. The van der Waals surface area contributed by atoms with E-state index < -0.39 is 33.1 Å². The third-order valence-electron chi connectivity index (χ3n) is 5.78. The summed E-state index contributed by atoms with van der Waals surface area (Å²) in [5.41, 5.74) is 1.97. The molecule has 1 N–H and O–H groups in total. The van der Waals surface area contributed by atoms with Crippen molar-refractivity contribution in [3.05, 3.63) is 58.5 Å². The second-order valence-corrected chi connectivity index (χ2v) is 12.0. The van der Waals surface area contributed by atoms with Gasteiger partial charge in [0.2, 0.25) is 5.88 Å². The summed E-state index contributed by atoms with van der Waals surface area (Å²) in [6.07, 6.45) is 6.20. The Morgan fingerprint density at radius 2 is 2.03 bits per heavy atom. The fraction of sp³-hybridized carbons (Fsp3) is 0.348. The maximum Gasteiger partial charge on any atom is 0.327 e. The largest absolute Gasteiger partial charge is 0.465 e. The Balaban J connectivity index is 1.58. The number of hydrogen-bond donors (Lipinski definition) is 1. The summed E-state index contributed by atoms with van der Waals surface area (Å²) in [6.45, 7) is 1.98. The molecule has 198 valence electrons. The lowest BCUT2D eigenvalue weighted by Crippen LogP contribution is -2.33. The summed E-state index contributed by atoms with van der Waals surface area (Å²) in [5.74, 6) is 0.181. The minimum absolute atomic E-state index is 0.0254. The zero-order valence-corrected chi connectivity index (χ0v) is 23.3. The number of carbonyl (C=O) groups excluding carboxylic acids is 1. The monoisotopic (exact) mass is 612 g/mol. The van der Waals surface area contributed by atoms with Crippen LogP contribution in [0.15, 0.2) is 52.1 Å². The van der Waals surface area contributed by atoms with Gasteiger partial charge in [0, 0.05) is 17.5 Å². The van der Waals surface area contributed by atoms with Crippen LogP contribution >= 0.6 is 15.9 Å². The number of esters is 1. The highest BCUT2D eigenvalue weighted by Gasteiger charge is 2.33. The summed E-state index contributed by atoms with van der Waals surface area (Å²) in [7, 11) is -3.33. The van der Waals surface area contributed by atoms with Crippen LogP contribution in [-0.4, -0.2) is 50.8 Å². The van der Waals surface area contributed by atoms with E-state index in [0.717, 1.165) is 23.9 Å². The van der Waals surface area contributed by atoms with E-state index in [4.69, 9.17) is 9.47 Å². The number of halogens is 1. The van der Waals surface area contributed by atoms with Gasteiger partial charge in [-0.15, -0.1) is 0 Å². The molecule has 2 aromatic heterocycles. The van der Waals surface area contributed by atoms with Crippen LogP contribution in [0.2, 0.25) is 0 Å². The maximum atomic E-state index is 12.5. The van der Waals surface area contributed by atoms with E-state index in [-0.39, 0.29) is 23.9 Å². The van der Waals surface area contributed by atoms with Gasteiger partial charge in [-0.1, -0.05) is 0 Å². The molecule has 1 aromatic carbocycles. The van der Waals surface area contributed by atoms with Gasteiger partial charge in [-0.25, -0.2) is 17.6 Å². The van der Waals surface area contributed by atoms with Gasteiger partial charge in [-0.2, -0.15) is 5.10 Å². The Kier molecular flexibility index (Phi) is 8.31. The smallest absolute Gasteiger partial charge is 0.327 e. The predicted molar refractivity (Wildman–Crippen MR) is 139 cm³/mol. The fourth-order valence-electron chi connectivity index (χ4n) is 4.16. The first-order chi connectivity index (χ1) is 17.6. The number of nitrogens with zero attached hydrogens (tertiary/aromatic N) is 4. The number of fused-ring (bicyclic) bond motifs is 1. The van der Waals surface area contributed by atoms with Crippen molar-refractivity contribution in [1.82, 2.24) is 14.8 Å². The molecule has 2 unspecified atom stereocenters. The first-order valence-electron chi connectivity index (χ1n) is 11.3. The highest BCUT2D eigenvalue weighted by atomic mass is 79.9. The molecule has 1 aliphatic rings. The van der Waals surface area contributed by atoms with Gasteiger partial charge >= 0.3 is 5.97 Å². The molecule has 0 saturated heterocycles. The van der Waals surface area contributed by atoms with Crippen LogP contribution in [0, 0.1) is 0 Å². The zero-order valence-electron chi connectivity index (χ0n) is 20.0. The molecule has 11 nitrogen and oxygen atoms in total. The average molecular weight is 614 g/mol. The molecule has 2 heterocycles. The summed E-state index contributed by atoms with van der Waals surface area (Å²) < 4.78 is 60.2. The number of hydrogen-bond acceptors (Lipinski definition) is 8. The summed E-state index contributed by atoms with van der Waals surface area (Å²) in [4.78, 5) is 16.4. The average Bonchev–Trinajstić information content (AvgIpc) is 3.24. The van der Waals surface area contributed by atoms with Crippen molar-refractivity contribution in [2.75, 3.05) is 17.2 Å². The number of carbonyl (C=O) groups is 1. The van der Waals surface area contributed by atoms with Gasteiger partial charge in [0.15, 0.2) is 9.84 Å². The van der Waals surface area contributed by atoms with Crippen LogP contribution in [0.25, 0.3) is 0 Å². The molecule has 4 rings (SSSR count). The van der Waals surface area contributed by atoms with Gasteiger partial charge in [0.25, 0.3) is 11.3 Å². The summed E-state index contributed by atoms with van der Waals surface area (Å²) in [5, 5.41) is 4.33. The molecule has 2 atom stereocenters. The van der Waals surface area contributed by atoms with Gasteiger partial charge < -0.3 is 9.47 Å². The van der Waals surface area contributed by atoms with Crippen molar-refractivity contribution < 1.29 is 31.4 Å². The van der Waals surface area contributed by atoms with Gasteiger partial charge in [-0.3, -0.25) is 18.3 Å². The highest BCUT2D eigenvalue weighted by Crippen LogP contribution is 2.40. The molecular weight excluding hydrogens is 588 g/mol. The minimum Gasteiger partial charge on any atom is -0.465 e. The number of anilines is 1. The van der Waals surface area contributed by atoms with E-state index in [0.29, 0.717) is 28.8 Å². The molecule has 14 heteroatoms. The van der Waals surface area contributed by atoms with Crippen LogP contribution in [-0.2, 0) is 43.6 Å². The van der Waals surface area contributed by atoms with E-state index in [2.05, 4.69) is 26.0 Å². The topological polar surface area (TPSA) is 141 Å². The van der Waals surface area contributed by atoms with Gasteiger partial charge in [-0.05, 0) is 72.4 Å². The molecule has 0 spiro atoms. The Bertz CT molecular complexity index is 1430. The van der Waals surface area contributed by atoms with Crippen LogP contribution < -0.4 is 9.04 Å². The molecule has 0 aliphatic heterocycles. The van der Waals surface area contributed by atoms with E-state index in [1.165, 1.54) is 34.8 Å². The fourth-order valence-corrected chi connectivity index (χ4v) is 5.93. The highest BCUT2D eigenvalue weighted by molar-refractivity contribution is 9.10. The Hall–Kier alpha value is -2.81. The number of rotatable bonds is 9. The zero-order chi connectivity index (χ0) is 26.7. The SMILES string of the molecule is CCOC(=O)Cn1ncc2c1CCCC2N(c1cnc(Oc2ccc(S(C)(=O)=O)cc2)c(Br)c1)S(=O)O. The number of aromatic nitrogens is 3. The molecule has 0 amide bonds. The number of ether oxygens (including phenoxy) is 2. The van der Waals surface area contributed by atoms with Crippen LogP contribution in [0.3, 0.4) is 0 Å². The normalized spacial score (nSPS) is 16.1. The maximum absolute atomic E-state index is 12.5. The standard InChI is InChI=1S/C23H25BrN4O7S2/c1-3-34-22(29)14-27-20-5-4-6-21(18(20)13-26-27)28(36(30)31)15-11-19(24)23(25-12-15)35-16-7-9-17(10-8-16)37(2,32)33/h7-13,21H,3-6,14H2,1-2H3,(H,30,31). The summed E-state index contributed by atoms with van der Waals surface area (Å²) >= 11 is 1.03. The number of sulfone groups is 1. The molecular formula is C23H25BrN4O7S2. The van der Waals surface area contributed by atoms with Crippen molar-refractivity contribution in [3.8, 4) is 11.6 Å². The number of pyridine rings is 1. The van der Waals surface area contributed by atoms with Crippen molar-refractivity contribution in [2.45, 2.75) is 43.7 Å². The van der Waals surface area contributed by atoms with Crippen LogP contribution in [0.1, 0.15) is 37.1 Å². The van der Waals surface area contributed by atoms with E-state index in [1.54, 1.807) is 23.9 Å². The lowest BCUT2D eigenvalue weighted by molar-refractivity contribution is -0.144. The minimum atomic E-state index is -3.33. The first kappa shape index (κ1) is 27.2. The van der Waals surface area contributed by atoms with Crippen LogP contribution in [0.5, 0.6) is 11.6 Å². The molecule has 0 radical (unpaired) electrons. The van der Waals surface area contributed by atoms with Gasteiger partial charge in [0.05, 0.1) is 40.1 Å². The van der Waals surface area contributed by atoms with Crippen molar-refractivity contribution in [3.63, 3.8) is 0 Å². The predicted octanol–water partition coefficient (Wildman–Crippen LogP) is 3.82. The Morgan fingerprint density at radius 1 is 1.30 bits per heavy atom. The third-order valence-corrected chi connectivity index (χ3v) is 8.28. The van der Waals surface area contributed by atoms with E-state index >= 15 is 0 Å². The summed E-state index contributed by atoms with van der Waals surface area (Å²) in [6, 6.07) is 7.07. The Morgan fingerprint density at radius 3 is 2.65 bits per heavy atom. The van der Waals surface area contributed by atoms with Crippen molar-refractivity contribution >= 4 is 48.7 Å². The van der Waals surface area contributed by atoms with Crippen LogP contribution in [0.4, 0.5) is 5.69 Å². The molecule has 0 fully saturated rings. The quantitative estimate of drug-likeness (QED) is 0.282. The van der Waals surface area contributed by atoms with E-state index in [9.17, 15) is 22.0 Å². The van der Waals surface area contributed by atoms with Gasteiger partial charge in [0.1, 0.15) is 12.3 Å². The second-order valence-electron chi connectivity index (χ2n) is 8.30. The van der Waals surface area contributed by atoms with Crippen molar-refractivity contribution in [1.29, 1.82) is 0 Å². The molecule has 0 bridgehead atoms. The lowest BCUT2D eigenvalue weighted by atomic mass is 9.92. The molecule has 0 saturated carbocycles. The van der Waals surface area contributed by atoms with Crippen molar-refractivity contribution in [2.24, 2.45) is 0 Å². The first-order valence-corrected chi connectivity index (χ1v) is 15.1. The third kappa shape index (κ3) is 6.20. The second kappa shape index (κ2) is 11.3. The van der Waals surface area contributed by atoms with E-state index in [1.807, 2.05) is 0 Å². The number of benzene rings is 1. The Labute approximate surface area is 225 Å². The lowest BCUT2D eigenvalue weighted by Gasteiger charge is -2.32.